The van der Waals surface area contributed by atoms with Gasteiger partial charge in [-0.1, -0.05) is 140 Å². The molecule has 4 heteroatoms. The van der Waals surface area contributed by atoms with E-state index in [4.69, 9.17) is 4.74 Å². The lowest BCUT2D eigenvalue weighted by Gasteiger charge is -2.40. The summed E-state index contributed by atoms with van der Waals surface area (Å²) < 4.78 is 7.02. The minimum Gasteiger partial charge on any atom is -0.464 e. The Balaban J connectivity index is 0.979. The van der Waals surface area contributed by atoms with Crippen molar-refractivity contribution < 1.29 is 4.74 Å². The summed E-state index contributed by atoms with van der Waals surface area (Å²) >= 11 is 0. The van der Waals surface area contributed by atoms with Crippen molar-refractivity contribution in [3.8, 4) is 5.75 Å². The van der Waals surface area contributed by atoms with E-state index in [1.807, 2.05) is 0 Å². The molecule has 2 aliphatic heterocycles. The molecule has 7 aliphatic rings. The summed E-state index contributed by atoms with van der Waals surface area (Å²) in [6, 6.07) is 25.7. The van der Waals surface area contributed by atoms with Crippen molar-refractivity contribution in [1.82, 2.24) is 0 Å². The van der Waals surface area contributed by atoms with Gasteiger partial charge in [-0.25, -0.2) is 0 Å². The average Bonchev–Trinajstić information content (AvgIpc) is 3.84. The zero-order chi connectivity index (χ0) is 36.3. The maximum Gasteiger partial charge on any atom is 0.197 e. The Morgan fingerprint density at radius 2 is 1.58 bits per heavy atom. The van der Waals surface area contributed by atoms with E-state index in [9.17, 15) is 0 Å². The fourth-order valence-corrected chi connectivity index (χ4v) is 9.96. The molecule has 0 radical (unpaired) electrons. The number of hydrogen-bond acceptors (Lipinski definition) is 4. The van der Waals surface area contributed by atoms with Gasteiger partial charge >= 0.3 is 0 Å². The second-order valence-corrected chi connectivity index (χ2v) is 15.7. The molecule has 0 amide bonds. The Bertz CT molecular complexity index is 2500. The molecule has 11 rings (SSSR count). The Labute approximate surface area is 324 Å². The first-order chi connectivity index (χ1) is 27.3. The average molecular weight is 716 g/mol. The summed E-state index contributed by atoms with van der Waals surface area (Å²) in [6.45, 7) is 0. The van der Waals surface area contributed by atoms with E-state index < -0.39 is 0 Å². The van der Waals surface area contributed by atoms with Crippen molar-refractivity contribution in [2.24, 2.45) is 0 Å². The Morgan fingerprint density at radius 3 is 2.45 bits per heavy atom. The summed E-state index contributed by atoms with van der Waals surface area (Å²) in [5.74, 6) is 1.32. The van der Waals surface area contributed by atoms with Crippen molar-refractivity contribution in [3.05, 3.63) is 191 Å². The van der Waals surface area contributed by atoms with Gasteiger partial charge in [-0.3, -0.25) is 0 Å². The molecule has 270 valence electrons. The van der Waals surface area contributed by atoms with Gasteiger partial charge in [0, 0.05) is 33.9 Å². The van der Waals surface area contributed by atoms with E-state index in [0.717, 1.165) is 50.0 Å². The molecule has 4 aromatic rings. The van der Waals surface area contributed by atoms with Crippen LogP contribution in [0.25, 0.3) is 22.4 Å². The van der Waals surface area contributed by atoms with E-state index in [2.05, 4.69) is 179 Å². The number of rotatable bonds is 6. The van der Waals surface area contributed by atoms with Crippen LogP contribution < -0.4 is 19.9 Å². The quantitative estimate of drug-likeness (QED) is 0.215. The largest absolute Gasteiger partial charge is 0.464 e. The highest BCUT2D eigenvalue weighted by molar-refractivity contribution is 5.99. The third kappa shape index (κ3) is 5.49. The number of nitrogens with one attached hydrogen (secondary N) is 1. The molecule has 5 atom stereocenters. The van der Waals surface area contributed by atoms with Crippen molar-refractivity contribution in [2.45, 2.75) is 68.8 Å². The van der Waals surface area contributed by atoms with Gasteiger partial charge in [-0.05, 0) is 96.0 Å². The molecular weight excluding hydrogens is 671 g/mol. The van der Waals surface area contributed by atoms with Gasteiger partial charge in [0.1, 0.15) is 0 Å². The van der Waals surface area contributed by atoms with Crippen molar-refractivity contribution in [3.63, 3.8) is 0 Å². The molecule has 4 aromatic carbocycles. The predicted octanol–water partition coefficient (Wildman–Crippen LogP) is 12.0. The molecule has 0 bridgehead atoms. The molecule has 4 nitrogen and oxygen atoms in total. The molecule has 0 fully saturated rings. The summed E-state index contributed by atoms with van der Waals surface area (Å²) in [5, 5.41) is 6.22. The summed E-state index contributed by atoms with van der Waals surface area (Å²) in [6.07, 6.45) is 43.1. The van der Waals surface area contributed by atoms with Crippen LogP contribution in [0.4, 0.5) is 17.1 Å². The molecule has 0 aromatic heterocycles. The normalized spacial score (nSPS) is 25.2. The first-order valence-corrected chi connectivity index (χ1v) is 20.2. The molecule has 0 spiro atoms. The van der Waals surface area contributed by atoms with E-state index in [1.54, 1.807) is 0 Å². The molecule has 1 N–H and O–H groups in total. The first kappa shape index (κ1) is 32.4. The fourth-order valence-electron chi connectivity index (χ4n) is 9.96. The highest BCUT2D eigenvalue weighted by Crippen LogP contribution is 2.50. The number of fused-ring (bicyclic) bond motifs is 8. The third-order valence-corrected chi connectivity index (χ3v) is 12.5. The van der Waals surface area contributed by atoms with E-state index >= 15 is 0 Å². The maximum absolute atomic E-state index is 7.02. The van der Waals surface area contributed by atoms with Crippen LogP contribution in [-0.2, 0) is 6.42 Å². The van der Waals surface area contributed by atoms with Gasteiger partial charge in [0.2, 0.25) is 0 Å². The van der Waals surface area contributed by atoms with Crippen LogP contribution in [-0.4, -0.2) is 18.1 Å². The van der Waals surface area contributed by atoms with Crippen LogP contribution in [0.5, 0.6) is 5.75 Å². The van der Waals surface area contributed by atoms with E-state index in [0.29, 0.717) is 12.0 Å². The van der Waals surface area contributed by atoms with Crippen LogP contribution in [0, 0.1) is 0 Å². The van der Waals surface area contributed by atoms with Gasteiger partial charge in [-0.15, -0.1) is 0 Å². The SMILES string of the molecule is C1=CCC(N(c2ccc3c(c2)N(C2=CCCC=C2)C2C=CC=CC32)C2C=Cc3ccc4ccc5c(c4c3C2)OC(c2ccccc2C2=CCCC=C2)N5)C=C1. The molecule has 0 saturated carbocycles. The second-order valence-electron chi connectivity index (χ2n) is 15.7. The second kappa shape index (κ2) is 13.4. The van der Waals surface area contributed by atoms with Crippen LogP contribution in [0.2, 0.25) is 0 Å². The molecule has 55 heavy (non-hydrogen) atoms. The van der Waals surface area contributed by atoms with Gasteiger partial charge in [-0.2, -0.15) is 0 Å². The lowest BCUT2D eigenvalue weighted by atomic mass is 9.87. The van der Waals surface area contributed by atoms with Crippen LogP contribution >= 0.6 is 0 Å². The molecule has 0 saturated heterocycles. The lowest BCUT2D eigenvalue weighted by molar-refractivity contribution is 0.262. The summed E-state index contributed by atoms with van der Waals surface area (Å²) in [7, 11) is 0. The summed E-state index contributed by atoms with van der Waals surface area (Å²) in [4.78, 5) is 5.28. The minimum atomic E-state index is -0.258. The highest BCUT2D eigenvalue weighted by atomic mass is 16.5. The van der Waals surface area contributed by atoms with Crippen LogP contribution in [0.15, 0.2) is 164 Å². The Morgan fingerprint density at radius 1 is 0.709 bits per heavy atom. The highest BCUT2D eigenvalue weighted by Gasteiger charge is 2.39. The van der Waals surface area contributed by atoms with Crippen LogP contribution in [0.1, 0.15) is 72.1 Å². The topological polar surface area (TPSA) is 27.7 Å². The minimum absolute atomic E-state index is 0.162. The fraction of sp³-hybridized carbons (Fsp3) is 0.216. The van der Waals surface area contributed by atoms with Crippen molar-refractivity contribution >= 4 is 39.5 Å². The third-order valence-electron chi connectivity index (χ3n) is 12.5. The molecule has 5 unspecified atom stereocenters. The zero-order valence-electron chi connectivity index (χ0n) is 31.0. The monoisotopic (exact) mass is 715 g/mol. The number of ether oxygens (including phenoxy) is 1. The van der Waals surface area contributed by atoms with Crippen molar-refractivity contribution in [1.29, 1.82) is 0 Å². The Kier molecular flexibility index (Phi) is 7.89. The Hall–Kier alpha value is -6.00. The predicted molar refractivity (Wildman–Crippen MR) is 230 cm³/mol. The molecular formula is C51H45N3O. The van der Waals surface area contributed by atoms with Gasteiger partial charge in [0.05, 0.1) is 23.8 Å². The number of benzene rings is 4. The van der Waals surface area contributed by atoms with Gasteiger partial charge in [0.25, 0.3) is 0 Å². The molecule has 5 aliphatic carbocycles. The smallest absolute Gasteiger partial charge is 0.197 e. The number of hydrogen-bond donors (Lipinski definition) is 1. The van der Waals surface area contributed by atoms with Crippen LogP contribution in [0.3, 0.4) is 0 Å². The molecule has 2 heterocycles. The zero-order valence-corrected chi connectivity index (χ0v) is 31.0. The van der Waals surface area contributed by atoms with E-state index in [1.165, 1.54) is 61.2 Å². The maximum atomic E-state index is 7.02. The standard InChI is InChI=1S/C51H45N3O/c1-4-14-34(15-5-1)41-20-10-11-22-44(41)51-52-46-31-27-36-25-24-35-26-28-39(32-45(35)49(36)50(46)55-51)53(37-16-6-2-7-17-37)40-29-30-43-42-21-12-13-23-47(42)54(48(43)33-40)38-18-8-3-9-19-38/h2,4,6-8,10-16,18-31,33,37,39,42,47,51-52H,1,3,5,9,17,32H2. The lowest BCUT2D eigenvalue weighted by Crippen LogP contribution is -2.44. The van der Waals surface area contributed by atoms with Gasteiger partial charge < -0.3 is 19.9 Å². The number of nitrogens with zero attached hydrogens (tertiary/aromatic N) is 2. The first-order valence-electron chi connectivity index (χ1n) is 20.2. The number of anilines is 3. The number of allylic oxidation sites excluding steroid dienone is 11. The van der Waals surface area contributed by atoms with Gasteiger partial charge in [0.15, 0.2) is 12.0 Å². The van der Waals surface area contributed by atoms with Crippen molar-refractivity contribution in [2.75, 3.05) is 15.1 Å². The summed E-state index contributed by atoms with van der Waals surface area (Å²) in [5.41, 5.74) is 12.7. The van der Waals surface area contributed by atoms with E-state index in [-0.39, 0.29) is 18.3 Å².